The maximum atomic E-state index is 12.2. The summed E-state index contributed by atoms with van der Waals surface area (Å²) in [6.07, 6.45) is 1.41. The zero-order chi connectivity index (χ0) is 13.8. The molecule has 0 fully saturated rings. The lowest BCUT2D eigenvalue weighted by Crippen LogP contribution is -2.04. The molecule has 0 aromatic heterocycles. The van der Waals surface area contributed by atoms with Gasteiger partial charge in [-0.3, -0.25) is 4.79 Å². The number of hydrogen-bond acceptors (Lipinski definition) is 2. The van der Waals surface area contributed by atoms with E-state index in [1.165, 1.54) is 5.56 Å². The number of hydrogen-bond donors (Lipinski definition) is 1. The first-order chi connectivity index (χ1) is 9.08. The smallest absolute Gasteiger partial charge is 0.167 e. The number of nitrogen functional groups attached to an aromatic ring is 1. The summed E-state index contributed by atoms with van der Waals surface area (Å²) in [5, 5.41) is 0. The van der Waals surface area contributed by atoms with E-state index >= 15 is 0 Å². The Bertz CT molecular complexity index is 570. The number of Topliss-reactive ketones (excluding diaryl/α,β-unsaturated/α-hetero) is 1. The molecular weight excluding hydrogens is 302 g/mol. The Hall–Kier alpha value is -1.61. The van der Waals surface area contributed by atoms with Crippen molar-refractivity contribution in [3.63, 3.8) is 0 Å². The highest BCUT2D eigenvalue weighted by Crippen LogP contribution is 2.19. The molecule has 19 heavy (non-hydrogen) atoms. The second kappa shape index (κ2) is 6.02. The third-order valence-electron chi connectivity index (χ3n) is 3.04. The van der Waals surface area contributed by atoms with E-state index < -0.39 is 0 Å². The van der Waals surface area contributed by atoms with Crippen LogP contribution in [-0.2, 0) is 12.8 Å². The first-order valence-electron chi connectivity index (χ1n) is 6.25. The predicted octanol–water partition coefficient (Wildman–Crippen LogP) is 4.02. The molecule has 2 aromatic rings. The van der Waals surface area contributed by atoms with Crippen LogP contribution in [0.2, 0.25) is 0 Å². The average molecular weight is 318 g/mol. The van der Waals surface area contributed by atoms with Crippen molar-refractivity contribution >= 4 is 27.4 Å². The summed E-state index contributed by atoms with van der Waals surface area (Å²) >= 11 is 3.35. The van der Waals surface area contributed by atoms with Gasteiger partial charge >= 0.3 is 0 Å². The molecule has 2 N–H and O–H groups in total. The van der Waals surface area contributed by atoms with Crippen LogP contribution in [0.3, 0.4) is 0 Å². The molecular formula is C16H16BrNO. The molecule has 98 valence electrons. The van der Waals surface area contributed by atoms with Crippen LogP contribution in [0, 0.1) is 0 Å². The van der Waals surface area contributed by atoms with Crippen molar-refractivity contribution < 1.29 is 4.79 Å². The van der Waals surface area contributed by atoms with Gasteiger partial charge in [-0.25, -0.2) is 0 Å². The third kappa shape index (κ3) is 3.67. The number of nitrogens with two attached hydrogens (primary N) is 1. The van der Waals surface area contributed by atoms with Crippen molar-refractivity contribution in [3.05, 3.63) is 63.6 Å². The van der Waals surface area contributed by atoms with E-state index in [0.29, 0.717) is 17.7 Å². The summed E-state index contributed by atoms with van der Waals surface area (Å²) < 4.78 is 0.831. The molecule has 0 radical (unpaired) electrons. The van der Waals surface area contributed by atoms with Gasteiger partial charge in [-0.05, 0) is 35.7 Å². The predicted molar refractivity (Wildman–Crippen MR) is 82.4 cm³/mol. The molecule has 0 bridgehead atoms. The van der Waals surface area contributed by atoms with Crippen LogP contribution in [0.1, 0.15) is 28.4 Å². The molecule has 0 saturated heterocycles. The molecule has 0 atom stereocenters. The fourth-order valence-electron chi connectivity index (χ4n) is 1.95. The number of anilines is 1. The molecule has 0 heterocycles. The number of ketones is 1. The van der Waals surface area contributed by atoms with E-state index in [2.05, 4.69) is 35.0 Å². The number of carbonyl (C=O) groups is 1. The molecule has 2 aromatic carbocycles. The minimum absolute atomic E-state index is 0.0808. The van der Waals surface area contributed by atoms with Gasteiger partial charge in [0.05, 0.1) is 0 Å². The summed E-state index contributed by atoms with van der Waals surface area (Å²) in [7, 11) is 0. The number of aryl methyl sites for hydroxylation is 1. The topological polar surface area (TPSA) is 43.1 Å². The van der Waals surface area contributed by atoms with Gasteiger partial charge in [-0.2, -0.15) is 0 Å². The first-order valence-corrected chi connectivity index (χ1v) is 7.05. The van der Waals surface area contributed by atoms with E-state index in [9.17, 15) is 4.79 Å². The van der Waals surface area contributed by atoms with Crippen LogP contribution in [0.4, 0.5) is 5.69 Å². The Labute approximate surface area is 121 Å². The van der Waals surface area contributed by atoms with E-state index in [0.717, 1.165) is 16.5 Å². The van der Waals surface area contributed by atoms with E-state index in [1.54, 1.807) is 18.2 Å². The van der Waals surface area contributed by atoms with Crippen LogP contribution in [-0.4, -0.2) is 5.78 Å². The Balaban J connectivity index is 2.15. The second-order valence-electron chi connectivity index (χ2n) is 4.54. The Morgan fingerprint density at radius 3 is 2.32 bits per heavy atom. The maximum Gasteiger partial charge on any atom is 0.167 e. The van der Waals surface area contributed by atoms with E-state index in [-0.39, 0.29) is 5.78 Å². The van der Waals surface area contributed by atoms with Crippen LogP contribution in [0.25, 0.3) is 0 Å². The normalized spacial score (nSPS) is 10.4. The van der Waals surface area contributed by atoms with Crippen molar-refractivity contribution in [2.24, 2.45) is 0 Å². The molecule has 0 aliphatic rings. The third-order valence-corrected chi connectivity index (χ3v) is 3.50. The number of halogens is 1. The summed E-state index contributed by atoms with van der Waals surface area (Å²) in [6, 6.07) is 13.5. The number of carbonyl (C=O) groups excluding carboxylic acids is 1. The Morgan fingerprint density at radius 2 is 1.74 bits per heavy atom. The van der Waals surface area contributed by atoms with Crippen molar-refractivity contribution in [2.75, 3.05) is 5.73 Å². The van der Waals surface area contributed by atoms with Gasteiger partial charge in [-0.15, -0.1) is 0 Å². The second-order valence-corrected chi connectivity index (χ2v) is 5.46. The van der Waals surface area contributed by atoms with E-state index in [4.69, 9.17) is 5.73 Å². The summed E-state index contributed by atoms with van der Waals surface area (Å²) in [4.78, 5) is 12.2. The van der Waals surface area contributed by atoms with Crippen LogP contribution in [0.15, 0.2) is 46.9 Å². The molecule has 0 spiro atoms. The first kappa shape index (κ1) is 13.8. The highest BCUT2D eigenvalue weighted by Gasteiger charge is 2.08. The largest absolute Gasteiger partial charge is 0.399 e. The molecule has 0 saturated carbocycles. The van der Waals surface area contributed by atoms with Gasteiger partial charge < -0.3 is 5.73 Å². The summed E-state index contributed by atoms with van der Waals surface area (Å²) in [5.74, 6) is 0.0808. The summed E-state index contributed by atoms with van der Waals surface area (Å²) in [6.45, 7) is 2.12. The highest BCUT2D eigenvalue weighted by atomic mass is 79.9. The average Bonchev–Trinajstić information content (AvgIpc) is 2.38. The molecule has 3 heteroatoms. The van der Waals surface area contributed by atoms with Crippen molar-refractivity contribution in [3.8, 4) is 0 Å². The quantitative estimate of drug-likeness (QED) is 0.683. The van der Waals surface area contributed by atoms with Crippen LogP contribution >= 0.6 is 15.9 Å². The zero-order valence-electron chi connectivity index (χ0n) is 10.8. The standard InChI is InChI=1S/C16H16BrNO/c1-2-11-3-5-12(6-4-11)7-16(19)13-8-14(17)10-15(18)9-13/h3-6,8-10H,2,7,18H2,1H3. The zero-order valence-corrected chi connectivity index (χ0v) is 12.4. The molecule has 0 unspecified atom stereocenters. The van der Waals surface area contributed by atoms with Gasteiger partial charge in [0.1, 0.15) is 0 Å². The fourth-order valence-corrected chi connectivity index (χ4v) is 2.46. The number of benzene rings is 2. The van der Waals surface area contributed by atoms with Gasteiger partial charge in [0.25, 0.3) is 0 Å². The van der Waals surface area contributed by atoms with Crippen LogP contribution < -0.4 is 5.73 Å². The highest BCUT2D eigenvalue weighted by molar-refractivity contribution is 9.10. The SMILES string of the molecule is CCc1ccc(CC(=O)c2cc(N)cc(Br)c2)cc1. The Morgan fingerprint density at radius 1 is 1.11 bits per heavy atom. The van der Waals surface area contributed by atoms with Gasteiger partial charge in [0.15, 0.2) is 5.78 Å². The van der Waals surface area contributed by atoms with E-state index in [1.807, 2.05) is 12.1 Å². The molecule has 0 aliphatic carbocycles. The fraction of sp³-hybridized carbons (Fsp3) is 0.188. The van der Waals surface area contributed by atoms with Crippen molar-refractivity contribution in [1.29, 1.82) is 0 Å². The molecule has 2 nitrogen and oxygen atoms in total. The maximum absolute atomic E-state index is 12.2. The molecule has 2 rings (SSSR count). The van der Waals surface area contributed by atoms with Gasteiger partial charge in [-0.1, -0.05) is 47.1 Å². The summed E-state index contributed by atoms with van der Waals surface area (Å²) in [5.41, 5.74) is 9.30. The van der Waals surface area contributed by atoms with Gasteiger partial charge in [0, 0.05) is 22.1 Å². The lowest BCUT2D eigenvalue weighted by Gasteiger charge is -2.05. The van der Waals surface area contributed by atoms with Crippen molar-refractivity contribution in [1.82, 2.24) is 0 Å². The molecule has 0 aliphatic heterocycles. The van der Waals surface area contributed by atoms with Crippen LogP contribution in [0.5, 0.6) is 0 Å². The minimum Gasteiger partial charge on any atom is -0.399 e. The lowest BCUT2D eigenvalue weighted by atomic mass is 10.0. The number of rotatable bonds is 4. The minimum atomic E-state index is 0.0808. The Kier molecular flexibility index (Phi) is 4.38. The molecule has 0 amide bonds. The lowest BCUT2D eigenvalue weighted by molar-refractivity contribution is 0.0993. The monoisotopic (exact) mass is 317 g/mol. The van der Waals surface area contributed by atoms with Crippen molar-refractivity contribution in [2.45, 2.75) is 19.8 Å². The van der Waals surface area contributed by atoms with Gasteiger partial charge in [0.2, 0.25) is 0 Å².